The number of anilines is 1. The van der Waals surface area contributed by atoms with Crippen LogP contribution < -0.4 is 5.32 Å². The molecule has 0 unspecified atom stereocenters. The Kier molecular flexibility index (Phi) is 4.48. The summed E-state index contributed by atoms with van der Waals surface area (Å²) in [4.78, 5) is 0. The third-order valence-electron chi connectivity index (χ3n) is 2.88. The Balaban J connectivity index is 1.56. The first-order valence-electron chi connectivity index (χ1n) is 6.69. The minimum Gasteiger partial charge on any atom is -0.384 e. The fraction of sp³-hybridized carbons (Fsp3) is 0.133. The number of hydrogen-bond donors (Lipinski definition) is 1. The molecule has 0 atom stereocenters. The molecule has 0 radical (unpaired) electrons. The topological polar surface area (TPSA) is 55.6 Å². The smallest absolute Gasteiger partial charge is 0.214 e. The molecule has 1 N–H and O–H groups in total. The average molecular weight is 297 g/mol. The van der Waals surface area contributed by atoms with Crippen molar-refractivity contribution in [3.8, 4) is 5.69 Å². The van der Waals surface area contributed by atoms with E-state index in [2.05, 4.69) is 33.0 Å². The van der Waals surface area contributed by atoms with Gasteiger partial charge in [0.25, 0.3) is 0 Å². The number of rotatable bonds is 6. The molecule has 6 heteroatoms. The summed E-state index contributed by atoms with van der Waals surface area (Å²) >= 11 is 1.63. The highest BCUT2D eigenvalue weighted by atomic mass is 32.2. The summed E-state index contributed by atoms with van der Waals surface area (Å²) in [5.41, 5.74) is 2.10. The van der Waals surface area contributed by atoms with Gasteiger partial charge in [0.05, 0.1) is 5.69 Å². The normalized spacial score (nSPS) is 10.5. The van der Waals surface area contributed by atoms with Crippen molar-refractivity contribution >= 4 is 17.4 Å². The zero-order chi connectivity index (χ0) is 14.3. The average Bonchev–Trinajstić information content (AvgIpc) is 3.02. The molecule has 1 heterocycles. The van der Waals surface area contributed by atoms with Gasteiger partial charge in [-0.25, -0.2) is 0 Å². The van der Waals surface area contributed by atoms with Crippen molar-refractivity contribution in [2.24, 2.45) is 0 Å². The first kappa shape index (κ1) is 13.6. The minimum absolute atomic E-state index is 0.802. The van der Waals surface area contributed by atoms with Crippen LogP contribution in [0.2, 0.25) is 0 Å². The summed E-state index contributed by atoms with van der Waals surface area (Å²) in [7, 11) is 0. The number of hydrogen-bond acceptors (Lipinski definition) is 5. The maximum Gasteiger partial charge on any atom is 0.214 e. The molecule has 3 aromatic rings. The number of aromatic nitrogens is 4. The standard InChI is InChI=1S/C15H15N5S/c1-3-7-13(8-4-1)16-11-12-21-15-17-18-19-20(15)14-9-5-2-6-10-14/h1-10,16H,11-12H2. The van der Waals surface area contributed by atoms with Gasteiger partial charge in [-0.2, -0.15) is 4.68 Å². The fourth-order valence-electron chi connectivity index (χ4n) is 1.89. The van der Waals surface area contributed by atoms with Crippen molar-refractivity contribution in [1.29, 1.82) is 0 Å². The van der Waals surface area contributed by atoms with E-state index in [9.17, 15) is 0 Å². The summed E-state index contributed by atoms with van der Waals surface area (Å²) < 4.78 is 1.76. The van der Waals surface area contributed by atoms with E-state index in [4.69, 9.17) is 0 Å². The Morgan fingerprint density at radius 1 is 0.952 bits per heavy atom. The van der Waals surface area contributed by atoms with Crippen LogP contribution in [0.1, 0.15) is 0 Å². The Bertz CT molecular complexity index is 669. The van der Waals surface area contributed by atoms with Crippen LogP contribution in [0.3, 0.4) is 0 Å². The van der Waals surface area contributed by atoms with Gasteiger partial charge >= 0.3 is 0 Å². The molecule has 1 aromatic heterocycles. The first-order valence-corrected chi connectivity index (χ1v) is 7.67. The fourth-order valence-corrected chi connectivity index (χ4v) is 2.64. The van der Waals surface area contributed by atoms with Crippen LogP contribution in [-0.2, 0) is 0 Å². The van der Waals surface area contributed by atoms with Gasteiger partial charge < -0.3 is 5.32 Å². The zero-order valence-corrected chi connectivity index (χ0v) is 12.2. The highest BCUT2D eigenvalue weighted by Crippen LogP contribution is 2.17. The molecule has 0 aliphatic carbocycles. The third-order valence-corrected chi connectivity index (χ3v) is 3.80. The van der Waals surface area contributed by atoms with Crippen molar-refractivity contribution in [3.05, 3.63) is 60.7 Å². The van der Waals surface area contributed by atoms with E-state index in [0.717, 1.165) is 28.8 Å². The summed E-state index contributed by atoms with van der Waals surface area (Å²) in [6.07, 6.45) is 0. The lowest BCUT2D eigenvalue weighted by molar-refractivity contribution is 0.756. The van der Waals surface area contributed by atoms with Crippen LogP contribution in [0.4, 0.5) is 5.69 Å². The third kappa shape index (κ3) is 3.61. The van der Waals surface area contributed by atoms with E-state index in [1.807, 2.05) is 48.5 Å². The van der Waals surface area contributed by atoms with Crippen LogP contribution in [0.15, 0.2) is 65.8 Å². The Morgan fingerprint density at radius 2 is 1.67 bits per heavy atom. The van der Waals surface area contributed by atoms with Crippen LogP contribution in [0.5, 0.6) is 0 Å². The maximum absolute atomic E-state index is 4.07. The highest BCUT2D eigenvalue weighted by molar-refractivity contribution is 7.99. The van der Waals surface area contributed by atoms with E-state index in [-0.39, 0.29) is 0 Å². The molecule has 3 rings (SSSR count). The molecular weight excluding hydrogens is 282 g/mol. The SMILES string of the molecule is c1ccc(NCCSc2nnnn2-c2ccccc2)cc1. The highest BCUT2D eigenvalue weighted by Gasteiger charge is 2.07. The lowest BCUT2D eigenvalue weighted by Crippen LogP contribution is -2.05. The van der Waals surface area contributed by atoms with Gasteiger partial charge in [0.15, 0.2) is 0 Å². The van der Waals surface area contributed by atoms with E-state index >= 15 is 0 Å². The predicted octanol–water partition coefficient (Wildman–Crippen LogP) is 2.87. The summed E-state index contributed by atoms with van der Waals surface area (Å²) in [6, 6.07) is 20.1. The lowest BCUT2D eigenvalue weighted by Gasteiger charge is -2.06. The number of nitrogens with one attached hydrogen (secondary N) is 1. The second kappa shape index (κ2) is 6.90. The molecule has 21 heavy (non-hydrogen) atoms. The Hall–Kier alpha value is -2.34. The second-order valence-electron chi connectivity index (χ2n) is 4.35. The molecule has 2 aromatic carbocycles. The van der Waals surface area contributed by atoms with Crippen LogP contribution in [-0.4, -0.2) is 32.5 Å². The summed E-state index contributed by atoms with van der Waals surface area (Å²) in [5.74, 6) is 0.891. The second-order valence-corrected chi connectivity index (χ2v) is 5.41. The molecule has 0 fully saturated rings. The van der Waals surface area contributed by atoms with Crippen molar-refractivity contribution < 1.29 is 0 Å². The van der Waals surface area contributed by atoms with Gasteiger partial charge in [0.2, 0.25) is 5.16 Å². The van der Waals surface area contributed by atoms with Crippen LogP contribution in [0.25, 0.3) is 5.69 Å². The summed E-state index contributed by atoms with van der Waals surface area (Å²) in [5, 5.41) is 16.0. The van der Waals surface area contributed by atoms with Gasteiger partial charge in [-0.3, -0.25) is 0 Å². The molecule has 106 valence electrons. The van der Waals surface area contributed by atoms with E-state index in [0.29, 0.717) is 0 Å². The predicted molar refractivity (Wildman–Crippen MR) is 84.8 cm³/mol. The van der Waals surface area contributed by atoms with Crippen molar-refractivity contribution in [2.75, 3.05) is 17.6 Å². The zero-order valence-electron chi connectivity index (χ0n) is 11.4. The molecule has 0 amide bonds. The molecule has 0 aliphatic rings. The van der Waals surface area contributed by atoms with Gasteiger partial charge in [0, 0.05) is 18.0 Å². The Morgan fingerprint density at radius 3 is 2.43 bits per heavy atom. The first-order chi connectivity index (χ1) is 10.4. The van der Waals surface area contributed by atoms with Crippen molar-refractivity contribution in [1.82, 2.24) is 20.2 Å². The number of benzene rings is 2. The largest absolute Gasteiger partial charge is 0.384 e. The quantitative estimate of drug-likeness (QED) is 0.560. The number of para-hydroxylation sites is 2. The van der Waals surface area contributed by atoms with E-state index in [1.165, 1.54) is 0 Å². The molecule has 0 saturated heterocycles. The number of thioether (sulfide) groups is 1. The molecule has 5 nitrogen and oxygen atoms in total. The molecular formula is C15H15N5S. The van der Waals surface area contributed by atoms with Crippen molar-refractivity contribution in [2.45, 2.75) is 5.16 Å². The maximum atomic E-state index is 4.07. The minimum atomic E-state index is 0.802. The van der Waals surface area contributed by atoms with Crippen LogP contribution in [0, 0.1) is 0 Å². The molecule has 0 saturated carbocycles. The summed E-state index contributed by atoms with van der Waals surface area (Å²) in [6.45, 7) is 0.857. The molecule has 0 spiro atoms. The van der Waals surface area contributed by atoms with Crippen molar-refractivity contribution in [3.63, 3.8) is 0 Å². The number of tetrazole rings is 1. The van der Waals surface area contributed by atoms with Gasteiger partial charge in [-0.1, -0.05) is 48.2 Å². The number of nitrogens with zero attached hydrogens (tertiary/aromatic N) is 4. The van der Waals surface area contributed by atoms with E-state index < -0.39 is 0 Å². The van der Waals surface area contributed by atoms with Gasteiger partial charge in [-0.05, 0) is 34.7 Å². The molecule has 0 bridgehead atoms. The van der Waals surface area contributed by atoms with E-state index in [1.54, 1.807) is 16.4 Å². The Labute approximate surface area is 127 Å². The van der Waals surface area contributed by atoms with Crippen LogP contribution >= 0.6 is 11.8 Å². The lowest BCUT2D eigenvalue weighted by atomic mass is 10.3. The monoisotopic (exact) mass is 297 g/mol. The van der Waals surface area contributed by atoms with Gasteiger partial charge in [0.1, 0.15) is 0 Å². The molecule has 0 aliphatic heterocycles. The van der Waals surface area contributed by atoms with Gasteiger partial charge in [-0.15, -0.1) is 5.10 Å².